The van der Waals surface area contributed by atoms with Gasteiger partial charge in [-0.1, -0.05) is 0 Å². The fourth-order valence-corrected chi connectivity index (χ4v) is 2.42. The van der Waals surface area contributed by atoms with Gasteiger partial charge in [-0.3, -0.25) is 4.98 Å². The summed E-state index contributed by atoms with van der Waals surface area (Å²) in [6.07, 6.45) is 2.75. The van der Waals surface area contributed by atoms with Crippen LogP contribution >= 0.6 is 31.9 Å². The van der Waals surface area contributed by atoms with E-state index in [1.165, 1.54) is 0 Å². The van der Waals surface area contributed by atoms with Gasteiger partial charge in [0, 0.05) is 21.3 Å². The second-order valence-electron chi connectivity index (χ2n) is 3.28. The summed E-state index contributed by atoms with van der Waals surface area (Å²) in [5.74, 6) is -0.997. The van der Waals surface area contributed by atoms with Gasteiger partial charge in [0.1, 0.15) is 17.1 Å². The number of aromatic carboxylic acids is 1. The smallest absolute Gasteiger partial charge is 0.341 e. The van der Waals surface area contributed by atoms with Crippen molar-refractivity contribution in [1.29, 1.82) is 0 Å². The van der Waals surface area contributed by atoms with Gasteiger partial charge in [-0.15, -0.1) is 0 Å². The number of carbonyl (C=O) groups is 1. The average molecular weight is 374 g/mol. The number of anilines is 1. The highest BCUT2D eigenvalue weighted by Gasteiger charge is 2.14. The van der Waals surface area contributed by atoms with Gasteiger partial charge in [-0.25, -0.2) is 14.8 Å². The van der Waals surface area contributed by atoms with Gasteiger partial charge in [0.25, 0.3) is 0 Å². The minimum atomic E-state index is -1.16. The molecule has 18 heavy (non-hydrogen) atoms. The molecule has 6 nitrogen and oxygen atoms in total. The molecule has 0 aliphatic carbocycles. The summed E-state index contributed by atoms with van der Waals surface area (Å²) in [6.45, 7) is 0. The molecule has 0 saturated heterocycles. The lowest BCUT2D eigenvalue weighted by Gasteiger charge is -2.05. The Labute approximate surface area is 119 Å². The summed E-state index contributed by atoms with van der Waals surface area (Å²) in [4.78, 5) is 22.8. The van der Waals surface area contributed by atoms with Crippen LogP contribution in [0.2, 0.25) is 0 Å². The zero-order valence-corrected chi connectivity index (χ0v) is 11.9. The van der Waals surface area contributed by atoms with Gasteiger partial charge >= 0.3 is 5.97 Å². The minimum Gasteiger partial charge on any atom is -0.477 e. The number of hydrogen-bond donors (Lipinski definition) is 2. The van der Waals surface area contributed by atoms with E-state index in [4.69, 9.17) is 10.8 Å². The van der Waals surface area contributed by atoms with E-state index in [1.807, 2.05) is 0 Å². The van der Waals surface area contributed by atoms with Crippen molar-refractivity contribution in [3.05, 3.63) is 33.0 Å². The van der Waals surface area contributed by atoms with E-state index < -0.39 is 5.97 Å². The molecule has 0 fully saturated rings. The molecule has 0 atom stereocenters. The summed E-state index contributed by atoms with van der Waals surface area (Å²) < 4.78 is 1.48. The van der Waals surface area contributed by atoms with E-state index in [-0.39, 0.29) is 17.2 Å². The molecule has 2 aromatic heterocycles. The van der Waals surface area contributed by atoms with Crippen LogP contribution in [-0.4, -0.2) is 26.0 Å². The number of hydrogen-bond acceptors (Lipinski definition) is 5. The fourth-order valence-electron chi connectivity index (χ4n) is 1.25. The molecule has 2 aromatic rings. The van der Waals surface area contributed by atoms with Gasteiger partial charge < -0.3 is 10.8 Å². The Morgan fingerprint density at radius 2 is 2.00 bits per heavy atom. The number of carboxylic acid groups (broad SMARTS) is 1. The average Bonchev–Trinajstić information content (AvgIpc) is 2.28. The van der Waals surface area contributed by atoms with Gasteiger partial charge in [-0.2, -0.15) is 0 Å². The number of rotatable bonds is 2. The number of nitrogens with zero attached hydrogens (tertiary/aromatic N) is 3. The summed E-state index contributed by atoms with van der Waals surface area (Å²) in [5.41, 5.74) is 5.91. The Morgan fingerprint density at radius 3 is 2.56 bits per heavy atom. The molecule has 0 bridgehead atoms. The second kappa shape index (κ2) is 4.99. The molecule has 0 amide bonds. The number of halogens is 2. The number of nitrogen functional groups attached to an aromatic ring is 1. The Kier molecular flexibility index (Phi) is 3.58. The van der Waals surface area contributed by atoms with E-state index in [9.17, 15) is 4.79 Å². The molecule has 0 saturated carbocycles. The van der Waals surface area contributed by atoms with Crippen LogP contribution < -0.4 is 5.73 Å². The number of nitrogens with two attached hydrogens (primary N) is 1. The lowest BCUT2D eigenvalue weighted by Crippen LogP contribution is -2.07. The maximum Gasteiger partial charge on any atom is 0.341 e. The molecule has 2 rings (SSSR count). The fraction of sp³-hybridized carbons (Fsp3) is 0. The Morgan fingerprint density at radius 1 is 1.28 bits per heavy atom. The zero-order chi connectivity index (χ0) is 13.3. The lowest BCUT2D eigenvalue weighted by atomic mass is 10.3. The minimum absolute atomic E-state index is 0.0934. The van der Waals surface area contributed by atoms with Crippen molar-refractivity contribution >= 4 is 43.6 Å². The molecule has 2 heterocycles. The first-order chi connectivity index (χ1) is 8.49. The van der Waals surface area contributed by atoms with Crippen molar-refractivity contribution in [2.75, 3.05) is 5.73 Å². The largest absolute Gasteiger partial charge is 0.477 e. The van der Waals surface area contributed by atoms with Crippen LogP contribution in [0.3, 0.4) is 0 Å². The first-order valence-electron chi connectivity index (χ1n) is 4.66. The van der Waals surface area contributed by atoms with Crippen molar-refractivity contribution in [2.24, 2.45) is 0 Å². The molecule has 0 aliphatic rings. The van der Waals surface area contributed by atoms with E-state index in [0.717, 1.165) is 10.7 Å². The molecular weight excluding hydrogens is 368 g/mol. The van der Waals surface area contributed by atoms with Crippen LogP contribution in [0.4, 0.5) is 5.82 Å². The quantitative estimate of drug-likeness (QED) is 0.837. The molecular formula is C10H6Br2N4O2. The number of carboxylic acids is 1. The zero-order valence-electron chi connectivity index (χ0n) is 8.76. The van der Waals surface area contributed by atoms with E-state index in [2.05, 4.69) is 46.8 Å². The Bertz CT molecular complexity index is 633. The Hall–Kier alpha value is -1.54. The second-order valence-corrected chi connectivity index (χ2v) is 5.05. The SMILES string of the molecule is Nc1nc(-c2ncc(Br)cc2Br)ncc1C(=O)O. The Balaban J connectivity index is 2.52. The highest BCUT2D eigenvalue weighted by Crippen LogP contribution is 2.26. The molecule has 0 aromatic carbocycles. The van der Waals surface area contributed by atoms with Crippen molar-refractivity contribution in [3.63, 3.8) is 0 Å². The molecule has 8 heteroatoms. The van der Waals surface area contributed by atoms with Crippen LogP contribution in [0.1, 0.15) is 10.4 Å². The third kappa shape index (κ3) is 2.49. The van der Waals surface area contributed by atoms with Crippen molar-refractivity contribution < 1.29 is 9.90 Å². The molecule has 0 aliphatic heterocycles. The van der Waals surface area contributed by atoms with Gasteiger partial charge in [-0.05, 0) is 37.9 Å². The van der Waals surface area contributed by atoms with Crippen LogP contribution in [-0.2, 0) is 0 Å². The summed E-state index contributed by atoms with van der Waals surface area (Å²) in [5, 5.41) is 8.83. The van der Waals surface area contributed by atoms with Crippen LogP contribution in [0.15, 0.2) is 27.4 Å². The van der Waals surface area contributed by atoms with Crippen molar-refractivity contribution in [3.8, 4) is 11.5 Å². The van der Waals surface area contributed by atoms with Gasteiger partial charge in [0.05, 0.1) is 0 Å². The maximum atomic E-state index is 10.8. The monoisotopic (exact) mass is 372 g/mol. The van der Waals surface area contributed by atoms with Crippen molar-refractivity contribution in [2.45, 2.75) is 0 Å². The third-order valence-electron chi connectivity index (χ3n) is 2.07. The lowest BCUT2D eigenvalue weighted by molar-refractivity contribution is 0.0697. The molecule has 92 valence electrons. The molecule has 3 N–H and O–H groups in total. The standard InChI is InChI=1S/C10H6Br2N4O2/c11-4-1-6(12)7(14-2-4)9-15-3-5(10(17)18)8(13)16-9/h1-3H,(H,17,18)(H2,13,15,16). The maximum absolute atomic E-state index is 10.8. The van der Waals surface area contributed by atoms with E-state index in [0.29, 0.717) is 10.2 Å². The third-order valence-corrected chi connectivity index (χ3v) is 3.11. The van der Waals surface area contributed by atoms with Crippen LogP contribution in [0, 0.1) is 0 Å². The molecule has 0 spiro atoms. The van der Waals surface area contributed by atoms with Gasteiger partial charge in [0.2, 0.25) is 0 Å². The summed E-state index contributed by atoms with van der Waals surface area (Å²) >= 11 is 6.60. The van der Waals surface area contributed by atoms with Gasteiger partial charge in [0.15, 0.2) is 5.82 Å². The number of aromatic nitrogens is 3. The summed E-state index contributed by atoms with van der Waals surface area (Å²) in [7, 11) is 0. The highest BCUT2D eigenvalue weighted by atomic mass is 79.9. The summed E-state index contributed by atoms with van der Waals surface area (Å²) in [6, 6.07) is 1.78. The van der Waals surface area contributed by atoms with E-state index >= 15 is 0 Å². The first kappa shape index (κ1) is 12.9. The number of pyridine rings is 1. The van der Waals surface area contributed by atoms with E-state index in [1.54, 1.807) is 12.3 Å². The highest BCUT2D eigenvalue weighted by molar-refractivity contribution is 9.11. The molecule has 0 radical (unpaired) electrons. The topological polar surface area (TPSA) is 102 Å². The first-order valence-corrected chi connectivity index (χ1v) is 6.25. The van der Waals surface area contributed by atoms with Crippen molar-refractivity contribution in [1.82, 2.24) is 15.0 Å². The molecule has 0 unspecified atom stereocenters. The van der Waals surface area contributed by atoms with Crippen LogP contribution in [0.5, 0.6) is 0 Å². The predicted octanol–water partition coefficient (Wildman–Crippen LogP) is 2.34. The predicted molar refractivity (Wildman–Crippen MR) is 72.0 cm³/mol. The van der Waals surface area contributed by atoms with Crippen LogP contribution in [0.25, 0.3) is 11.5 Å². The normalized spacial score (nSPS) is 10.3.